The van der Waals surface area contributed by atoms with Crippen molar-refractivity contribution >= 4 is 22.4 Å². The second-order valence-corrected chi connectivity index (χ2v) is 7.72. The van der Waals surface area contributed by atoms with Crippen molar-refractivity contribution in [1.29, 1.82) is 0 Å². The first-order valence-electron chi connectivity index (χ1n) is 9.92. The number of hydrogen-bond acceptors (Lipinski definition) is 6. The predicted molar refractivity (Wildman–Crippen MR) is 126 cm³/mol. The molecule has 1 N–H and O–H groups in total. The average Bonchev–Trinajstić information content (AvgIpc) is 3.31. The topological polar surface area (TPSA) is 69.7 Å². The lowest BCUT2D eigenvalue weighted by molar-refractivity contribution is 0.102. The van der Waals surface area contributed by atoms with Crippen molar-refractivity contribution in [3.63, 3.8) is 0 Å². The highest BCUT2D eigenvalue weighted by atomic mass is 32.1. The Morgan fingerprint density at radius 3 is 2.41 bits per heavy atom. The number of hydrogen-bond donors (Lipinski definition) is 1. The molecule has 3 aromatic carbocycles. The van der Waals surface area contributed by atoms with Crippen LogP contribution in [0, 0.1) is 0 Å². The largest absolute Gasteiger partial charge is 0.493 e. The van der Waals surface area contributed by atoms with Gasteiger partial charge in [-0.1, -0.05) is 30.3 Å². The maximum atomic E-state index is 12.6. The molecular weight excluding hydrogens is 424 g/mol. The molecule has 32 heavy (non-hydrogen) atoms. The first-order valence-corrected chi connectivity index (χ1v) is 10.8. The number of aromatic nitrogens is 1. The molecular formula is C25H22N2O4S. The number of anilines is 1. The van der Waals surface area contributed by atoms with Crippen molar-refractivity contribution in [2.24, 2.45) is 0 Å². The van der Waals surface area contributed by atoms with Crippen LogP contribution in [-0.4, -0.2) is 25.1 Å². The number of carbonyl (C=O) groups is 1. The number of rotatable bonds is 8. The summed E-state index contributed by atoms with van der Waals surface area (Å²) in [6.07, 6.45) is 0. The van der Waals surface area contributed by atoms with Gasteiger partial charge in [-0.2, -0.15) is 0 Å². The van der Waals surface area contributed by atoms with E-state index in [2.05, 4.69) is 10.3 Å². The van der Waals surface area contributed by atoms with Crippen LogP contribution in [0.3, 0.4) is 0 Å². The predicted octanol–water partition coefficient (Wildman–Crippen LogP) is 5.66. The van der Waals surface area contributed by atoms with E-state index in [-0.39, 0.29) is 5.91 Å². The van der Waals surface area contributed by atoms with Gasteiger partial charge in [0.05, 0.1) is 19.9 Å². The van der Waals surface area contributed by atoms with Gasteiger partial charge in [-0.05, 0) is 48.0 Å². The normalized spacial score (nSPS) is 10.4. The summed E-state index contributed by atoms with van der Waals surface area (Å²) in [6, 6.07) is 22.6. The first-order chi connectivity index (χ1) is 15.7. The van der Waals surface area contributed by atoms with Crippen LogP contribution in [0.4, 0.5) is 5.13 Å². The van der Waals surface area contributed by atoms with E-state index in [0.29, 0.717) is 34.6 Å². The van der Waals surface area contributed by atoms with Gasteiger partial charge in [-0.15, -0.1) is 11.3 Å². The summed E-state index contributed by atoms with van der Waals surface area (Å²) in [7, 11) is 3.18. The van der Waals surface area contributed by atoms with Crippen LogP contribution >= 0.6 is 11.3 Å². The van der Waals surface area contributed by atoms with E-state index >= 15 is 0 Å². The van der Waals surface area contributed by atoms with Gasteiger partial charge in [0.25, 0.3) is 5.91 Å². The zero-order chi connectivity index (χ0) is 22.3. The van der Waals surface area contributed by atoms with Crippen LogP contribution < -0.4 is 19.5 Å². The molecule has 0 saturated heterocycles. The standard InChI is InChI=1S/C25H22N2O4S/c1-29-22-13-10-19(14-23(22)30-2)21-16-32-25(26-21)27-24(28)18-8-11-20(12-9-18)31-15-17-6-4-3-5-7-17/h3-14,16H,15H2,1-2H3,(H,26,27,28). The highest BCUT2D eigenvalue weighted by molar-refractivity contribution is 7.14. The molecule has 4 aromatic rings. The van der Waals surface area contributed by atoms with E-state index in [1.807, 2.05) is 53.9 Å². The molecule has 0 aliphatic heterocycles. The van der Waals surface area contributed by atoms with Crippen molar-refractivity contribution in [2.45, 2.75) is 6.61 Å². The van der Waals surface area contributed by atoms with Gasteiger partial charge < -0.3 is 14.2 Å². The number of methoxy groups -OCH3 is 2. The van der Waals surface area contributed by atoms with Crippen LogP contribution in [0.15, 0.2) is 78.2 Å². The Balaban J connectivity index is 1.38. The molecule has 0 unspecified atom stereocenters. The Morgan fingerprint density at radius 1 is 0.938 bits per heavy atom. The number of nitrogens with one attached hydrogen (secondary N) is 1. The molecule has 1 aromatic heterocycles. The molecule has 162 valence electrons. The van der Waals surface area contributed by atoms with Crippen LogP contribution in [-0.2, 0) is 6.61 Å². The van der Waals surface area contributed by atoms with Gasteiger partial charge in [-0.3, -0.25) is 10.1 Å². The third kappa shape index (κ3) is 5.07. The van der Waals surface area contributed by atoms with E-state index in [9.17, 15) is 4.79 Å². The second kappa shape index (κ2) is 9.98. The van der Waals surface area contributed by atoms with Gasteiger partial charge in [0.2, 0.25) is 0 Å². The first kappa shape index (κ1) is 21.4. The molecule has 0 radical (unpaired) electrons. The van der Waals surface area contributed by atoms with Crippen LogP contribution in [0.5, 0.6) is 17.2 Å². The molecule has 0 fully saturated rings. The molecule has 7 heteroatoms. The van der Waals surface area contributed by atoms with Gasteiger partial charge in [0.15, 0.2) is 16.6 Å². The molecule has 4 rings (SSSR count). The van der Waals surface area contributed by atoms with Gasteiger partial charge in [0.1, 0.15) is 12.4 Å². The van der Waals surface area contributed by atoms with Crippen molar-refractivity contribution < 1.29 is 19.0 Å². The third-order valence-electron chi connectivity index (χ3n) is 4.77. The van der Waals surface area contributed by atoms with E-state index in [1.54, 1.807) is 38.5 Å². The van der Waals surface area contributed by atoms with Gasteiger partial charge in [-0.25, -0.2) is 4.98 Å². The second-order valence-electron chi connectivity index (χ2n) is 6.86. The zero-order valence-corrected chi connectivity index (χ0v) is 18.5. The Morgan fingerprint density at radius 2 is 1.69 bits per heavy atom. The summed E-state index contributed by atoms with van der Waals surface area (Å²) in [5, 5.41) is 5.25. The zero-order valence-electron chi connectivity index (χ0n) is 17.7. The van der Waals surface area contributed by atoms with Crippen LogP contribution in [0.25, 0.3) is 11.3 Å². The molecule has 0 spiro atoms. The SMILES string of the molecule is COc1ccc(-c2csc(NC(=O)c3ccc(OCc4ccccc4)cc3)n2)cc1OC. The van der Waals surface area contributed by atoms with Crippen molar-refractivity contribution in [3.05, 3.63) is 89.3 Å². The minimum atomic E-state index is -0.229. The fourth-order valence-electron chi connectivity index (χ4n) is 3.07. The maximum Gasteiger partial charge on any atom is 0.257 e. The smallest absolute Gasteiger partial charge is 0.257 e. The summed E-state index contributed by atoms with van der Waals surface area (Å²) >= 11 is 1.36. The van der Waals surface area contributed by atoms with E-state index < -0.39 is 0 Å². The van der Waals surface area contributed by atoms with Gasteiger partial charge in [0, 0.05) is 16.5 Å². The molecule has 0 aliphatic rings. The Hall–Kier alpha value is -3.84. The number of carbonyl (C=O) groups excluding carboxylic acids is 1. The van der Waals surface area contributed by atoms with Crippen molar-refractivity contribution in [3.8, 4) is 28.5 Å². The monoisotopic (exact) mass is 446 g/mol. The van der Waals surface area contributed by atoms with E-state index in [1.165, 1.54) is 11.3 Å². The molecule has 1 heterocycles. The number of nitrogens with zero attached hydrogens (tertiary/aromatic N) is 1. The quantitative estimate of drug-likeness (QED) is 0.378. The lowest BCUT2D eigenvalue weighted by Gasteiger charge is -2.08. The molecule has 1 amide bonds. The highest BCUT2D eigenvalue weighted by Crippen LogP contribution is 2.33. The summed E-state index contributed by atoms with van der Waals surface area (Å²) in [6.45, 7) is 0.477. The molecule has 0 atom stereocenters. The lowest BCUT2D eigenvalue weighted by Crippen LogP contribution is -2.11. The minimum absolute atomic E-state index is 0.229. The molecule has 0 saturated carbocycles. The summed E-state index contributed by atoms with van der Waals surface area (Å²) in [5.74, 6) is 1.75. The molecule has 6 nitrogen and oxygen atoms in total. The van der Waals surface area contributed by atoms with E-state index in [4.69, 9.17) is 14.2 Å². The summed E-state index contributed by atoms with van der Waals surface area (Å²) in [4.78, 5) is 17.1. The number of ether oxygens (including phenoxy) is 3. The lowest BCUT2D eigenvalue weighted by atomic mass is 10.1. The van der Waals surface area contributed by atoms with Crippen LogP contribution in [0.1, 0.15) is 15.9 Å². The van der Waals surface area contributed by atoms with Crippen LogP contribution in [0.2, 0.25) is 0 Å². The fraction of sp³-hybridized carbons (Fsp3) is 0.120. The Bertz CT molecular complexity index is 1190. The van der Waals surface area contributed by atoms with Crippen molar-refractivity contribution in [1.82, 2.24) is 4.98 Å². The van der Waals surface area contributed by atoms with E-state index in [0.717, 1.165) is 16.8 Å². The number of thiazole rings is 1. The third-order valence-corrected chi connectivity index (χ3v) is 5.53. The highest BCUT2D eigenvalue weighted by Gasteiger charge is 2.12. The maximum absolute atomic E-state index is 12.6. The van der Waals surface area contributed by atoms with Gasteiger partial charge >= 0.3 is 0 Å². The Labute approximate surface area is 190 Å². The minimum Gasteiger partial charge on any atom is -0.493 e. The summed E-state index contributed by atoms with van der Waals surface area (Å²) in [5.41, 5.74) is 3.23. The Kier molecular flexibility index (Phi) is 6.67. The van der Waals surface area contributed by atoms with Crippen molar-refractivity contribution in [2.75, 3.05) is 19.5 Å². The molecule has 0 bridgehead atoms. The number of amides is 1. The fourth-order valence-corrected chi connectivity index (χ4v) is 3.79. The average molecular weight is 447 g/mol. The summed E-state index contributed by atoms with van der Waals surface area (Å²) < 4.78 is 16.4. The number of benzene rings is 3. The molecule has 0 aliphatic carbocycles.